The summed E-state index contributed by atoms with van der Waals surface area (Å²) in [5.74, 6) is 0. The van der Waals surface area contributed by atoms with Gasteiger partial charge in [-0.25, -0.2) is 0 Å². The van der Waals surface area contributed by atoms with Gasteiger partial charge < -0.3 is 0 Å². The Labute approximate surface area is 148 Å². The second-order valence-electron chi connectivity index (χ2n) is 4.76. The molecule has 2 aromatic rings. The predicted molar refractivity (Wildman–Crippen MR) is 92.2 cm³/mol. The molecule has 7 nitrogen and oxygen atoms in total. The van der Waals surface area contributed by atoms with Gasteiger partial charge in [0, 0.05) is 17.7 Å². The molecule has 126 valence electrons. The molecular weight excluding hydrogens is 377 g/mol. The Hall–Kier alpha value is -2.16. The molecule has 0 bridgehead atoms. The second-order valence-corrected chi connectivity index (χ2v) is 7.17. The molecule has 0 aliphatic heterocycles. The number of nitro groups is 1. The quantitative estimate of drug-likeness (QED) is 0.481. The van der Waals surface area contributed by atoms with Crippen molar-refractivity contribution in [2.24, 2.45) is 5.10 Å². The van der Waals surface area contributed by atoms with Crippen molar-refractivity contribution in [1.82, 2.24) is 4.83 Å². The van der Waals surface area contributed by atoms with Crippen molar-refractivity contribution in [3.63, 3.8) is 0 Å². The van der Waals surface area contributed by atoms with E-state index in [0.29, 0.717) is 11.1 Å². The van der Waals surface area contributed by atoms with Gasteiger partial charge in [0.15, 0.2) is 0 Å². The van der Waals surface area contributed by atoms with Crippen molar-refractivity contribution in [2.45, 2.75) is 11.8 Å². The molecule has 2 rings (SSSR count). The van der Waals surface area contributed by atoms with E-state index in [0.717, 1.165) is 6.21 Å². The summed E-state index contributed by atoms with van der Waals surface area (Å²) >= 11 is 11.9. The first-order valence-corrected chi connectivity index (χ1v) is 8.69. The summed E-state index contributed by atoms with van der Waals surface area (Å²) in [5, 5.41) is 14.2. The maximum atomic E-state index is 12.2. The van der Waals surface area contributed by atoms with Crippen LogP contribution in [0, 0.1) is 17.0 Å². The van der Waals surface area contributed by atoms with E-state index in [-0.39, 0.29) is 20.6 Å². The van der Waals surface area contributed by atoms with Gasteiger partial charge in [0.05, 0.1) is 21.2 Å². The van der Waals surface area contributed by atoms with Gasteiger partial charge in [0.25, 0.3) is 15.7 Å². The minimum absolute atomic E-state index is 0.0296. The van der Waals surface area contributed by atoms with Gasteiger partial charge in [-0.3, -0.25) is 10.1 Å². The minimum atomic E-state index is -4.08. The smallest absolute Gasteiger partial charge is 0.258 e. The number of hydrazone groups is 1. The highest BCUT2D eigenvalue weighted by Gasteiger charge is 2.21. The first-order valence-electron chi connectivity index (χ1n) is 6.45. The SMILES string of the molecule is Cc1cc(Cl)c(S(=O)(=O)NN=Cc2cccc([N+](=O)[O-])c2)c(Cl)c1. The highest BCUT2D eigenvalue weighted by molar-refractivity contribution is 7.89. The summed E-state index contributed by atoms with van der Waals surface area (Å²) in [6.45, 7) is 1.72. The number of aryl methyl sites for hydroxylation is 1. The van der Waals surface area contributed by atoms with Crippen LogP contribution in [0.5, 0.6) is 0 Å². The summed E-state index contributed by atoms with van der Waals surface area (Å²) in [5.41, 5.74) is 0.934. The van der Waals surface area contributed by atoms with Crippen LogP contribution in [0.4, 0.5) is 5.69 Å². The number of benzene rings is 2. The molecule has 0 saturated heterocycles. The van der Waals surface area contributed by atoms with Crippen LogP contribution in [0.25, 0.3) is 0 Å². The Kier molecular flexibility index (Phi) is 5.43. The van der Waals surface area contributed by atoms with E-state index in [1.807, 2.05) is 4.83 Å². The zero-order valence-corrected chi connectivity index (χ0v) is 14.6. The number of nitro benzene ring substituents is 1. The average molecular weight is 388 g/mol. The van der Waals surface area contributed by atoms with Gasteiger partial charge in [-0.1, -0.05) is 35.3 Å². The van der Waals surface area contributed by atoms with Crippen LogP contribution in [0.3, 0.4) is 0 Å². The van der Waals surface area contributed by atoms with E-state index in [9.17, 15) is 18.5 Å². The monoisotopic (exact) mass is 387 g/mol. The number of nitrogens with one attached hydrogen (secondary N) is 1. The Balaban J connectivity index is 2.25. The molecule has 0 spiro atoms. The maximum Gasteiger partial charge on any atom is 0.279 e. The Morgan fingerprint density at radius 2 is 1.83 bits per heavy atom. The van der Waals surface area contributed by atoms with E-state index in [1.54, 1.807) is 6.92 Å². The number of nitrogens with zero attached hydrogens (tertiary/aromatic N) is 2. The molecular formula is C14H11Cl2N3O4S. The predicted octanol–water partition coefficient (Wildman–Crippen LogP) is 3.52. The molecule has 10 heteroatoms. The number of hydrogen-bond donors (Lipinski definition) is 1. The van der Waals surface area contributed by atoms with Crippen LogP contribution >= 0.6 is 23.2 Å². The average Bonchev–Trinajstić information content (AvgIpc) is 2.45. The van der Waals surface area contributed by atoms with Crippen LogP contribution in [0.1, 0.15) is 11.1 Å². The fraction of sp³-hybridized carbons (Fsp3) is 0.0714. The number of halogens is 2. The van der Waals surface area contributed by atoms with E-state index in [1.165, 1.54) is 36.4 Å². The third-order valence-electron chi connectivity index (χ3n) is 2.88. The van der Waals surface area contributed by atoms with Crippen LogP contribution < -0.4 is 4.83 Å². The number of sulfonamides is 1. The van der Waals surface area contributed by atoms with Crippen molar-refractivity contribution < 1.29 is 13.3 Å². The van der Waals surface area contributed by atoms with Crippen molar-refractivity contribution in [3.8, 4) is 0 Å². The standard InChI is InChI=1S/C14H11Cl2N3O4S/c1-9-5-12(15)14(13(16)6-9)24(22,23)18-17-8-10-3-2-4-11(7-10)19(20)21/h2-8,18H,1H3. The molecule has 2 aromatic carbocycles. The summed E-state index contributed by atoms with van der Waals surface area (Å²) in [7, 11) is -4.08. The molecule has 0 amide bonds. The lowest BCUT2D eigenvalue weighted by Gasteiger charge is -2.08. The Morgan fingerprint density at radius 1 is 1.21 bits per heavy atom. The second kappa shape index (κ2) is 7.16. The zero-order chi connectivity index (χ0) is 17.9. The van der Waals surface area contributed by atoms with Gasteiger partial charge >= 0.3 is 0 Å². The molecule has 0 unspecified atom stereocenters. The maximum absolute atomic E-state index is 12.2. The van der Waals surface area contributed by atoms with Gasteiger partial charge in [-0.05, 0) is 24.6 Å². The molecule has 1 N–H and O–H groups in total. The lowest BCUT2D eigenvalue weighted by molar-refractivity contribution is -0.384. The minimum Gasteiger partial charge on any atom is -0.258 e. The molecule has 0 aliphatic rings. The molecule has 0 heterocycles. The molecule has 24 heavy (non-hydrogen) atoms. The highest BCUT2D eigenvalue weighted by Crippen LogP contribution is 2.30. The molecule has 0 atom stereocenters. The van der Waals surface area contributed by atoms with Crippen molar-refractivity contribution in [2.75, 3.05) is 0 Å². The highest BCUT2D eigenvalue weighted by atomic mass is 35.5. The fourth-order valence-electron chi connectivity index (χ4n) is 1.88. The van der Waals surface area contributed by atoms with Crippen molar-refractivity contribution in [1.29, 1.82) is 0 Å². The molecule has 0 fully saturated rings. The zero-order valence-electron chi connectivity index (χ0n) is 12.2. The van der Waals surface area contributed by atoms with Crippen LogP contribution in [-0.2, 0) is 10.0 Å². The summed E-state index contributed by atoms with van der Waals surface area (Å²) in [6, 6.07) is 8.49. The van der Waals surface area contributed by atoms with Crippen LogP contribution in [0.15, 0.2) is 46.4 Å². The third kappa shape index (κ3) is 4.22. The molecule has 0 aromatic heterocycles. The van der Waals surface area contributed by atoms with Crippen molar-refractivity contribution >= 4 is 45.1 Å². The van der Waals surface area contributed by atoms with E-state index < -0.39 is 14.9 Å². The largest absolute Gasteiger partial charge is 0.279 e. The van der Waals surface area contributed by atoms with E-state index >= 15 is 0 Å². The van der Waals surface area contributed by atoms with E-state index in [2.05, 4.69) is 5.10 Å². The van der Waals surface area contributed by atoms with Gasteiger partial charge in [-0.2, -0.15) is 18.4 Å². The Morgan fingerprint density at radius 3 is 2.42 bits per heavy atom. The molecule has 0 aliphatic carbocycles. The molecule has 0 saturated carbocycles. The topological polar surface area (TPSA) is 102 Å². The molecule has 0 radical (unpaired) electrons. The normalized spacial score (nSPS) is 11.6. The van der Waals surface area contributed by atoms with Gasteiger partial charge in [-0.15, -0.1) is 0 Å². The lowest BCUT2D eigenvalue weighted by atomic mass is 10.2. The fourth-order valence-corrected chi connectivity index (χ4v) is 4.00. The summed E-state index contributed by atoms with van der Waals surface area (Å²) in [4.78, 5) is 11.8. The lowest BCUT2D eigenvalue weighted by Crippen LogP contribution is -2.19. The third-order valence-corrected chi connectivity index (χ3v) is 5.02. The van der Waals surface area contributed by atoms with Gasteiger partial charge in [0.1, 0.15) is 4.90 Å². The first-order chi connectivity index (χ1) is 11.2. The summed E-state index contributed by atoms with van der Waals surface area (Å²) < 4.78 is 24.5. The van der Waals surface area contributed by atoms with Crippen LogP contribution in [0.2, 0.25) is 10.0 Å². The van der Waals surface area contributed by atoms with E-state index in [4.69, 9.17) is 23.2 Å². The number of rotatable bonds is 5. The summed E-state index contributed by atoms with van der Waals surface area (Å²) in [6.07, 6.45) is 1.14. The Bertz CT molecular complexity index is 906. The first kappa shape index (κ1) is 18.2. The van der Waals surface area contributed by atoms with Crippen LogP contribution in [-0.4, -0.2) is 19.6 Å². The number of non-ortho nitro benzene ring substituents is 1. The van der Waals surface area contributed by atoms with Crippen molar-refractivity contribution in [3.05, 3.63) is 67.7 Å². The number of hydrogen-bond acceptors (Lipinski definition) is 5. The van der Waals surface area contributed by atoms with Gasteiger partial charge in [0.2, 0.25) is 0 Å².